The molecule has 0 aromatic carbocycles. The van der Waals surface area contributed by atoms with Crippen LogP contribution >= 0.6 is 0 Å². The molecule has 0 atom stereocenters. The lowest BCUT2D eigenvalue weighted by Crippen LogP contribution is -2.30. The van der Waals surface area contributed by atoms with Crippen LogP contribution in [0.4, 0.5) is 0 Å². The van der Waals surface area contributed by atoms with E-state index in [0.29, 0.717) is 37.9 Å². The van der Waals surface area contributed by atoms with Gasteiger partial charge in [0.15, 0.2) is 0 Å². The molecule has 2 heterocycles. The fourth-order valence-electron chi connectivity index (χ4n) is 4.46. The maximum absolute atomic E-state index is 13.0. The lowest BCUT2D eigenvalue weighted by Gasteiger charge is -2.25. The first-order chi connectivity index (χ1) is 13.5. The third-order valence-electron chi connectivity index (χ3n) is 6.29. The molecule has 4 rings (SSSR count). The molecule has 7 nitrogen and oxygen atoms in total. The summed E-state index contributed by atoms with van der Waals surface area (Å²) in [5, 5.41) is 3.17. The van der Waals surface area contributed by atoms with Crippen molar-refractivity contribution in [3.8, 4) is 0 Å². The van der Waals surface area contributed by atoms with Crippen molar-refractivity contribution in [1.29, 1.82) is 0 Å². The molecule has 0 bridgehead atoms. The molecule has 8 heteroatoms. The topological polar surface area (TPSA) is 84.3 Å². The summed E-state index contributed by atoms with van der Waals surface area (Å²) in [4.78, 5) is 18.2. The number of hydrogen-bond donors (Lipinski definition) is 1. The largest absolute Gasteiger partial charge is 0.355 e. The Kier molecular flexibility index (Phi) is 6.06. The summed E-state index contributed by atoms with van der Waals surface area (Å²) in [5.41, 5.74) is 0.967. The minimum absolute atomic E-state index is 0.0888. The van der Waals surface area contributed by atoms with E-state index in [-0.39, 0.29) is 16.8 Å². The zero-order valence-electron chi connectivity index (χ0n) is 16.6. The number of carbonyl (C=O) groups is 1. The number of imidazole rings is 1. The van der Waals surface area contributed by atoms with Gasteiger partial charge < -0.3 is 9.88 Å². The second-order valence-electron chi connectivity index (χ2n) is 8.75. The van der Waals surface area contributed by atoms with Gasteiger partial charge in [-0.2, -0.15) is 0 Å². The van der Waals surface area contributed by atoms with Crippen LogP contribution < -0.4 is 5.32 Å². The summed E-state index contributed by atoms with van der Waals surface area (Å²) < 4.78 is 28.0. The summed E-state index contributed by atoms with van der Waals surface area (Å²) in [6, 6.07) is 0. The number of nitrogens with zero attached hydrogens (tertiary/aromatic N) is 3. The average molecular weight is 409 g/mol. The van der Waals surface area contributed by atoms with Crippen LogP contribution in [0.1, 0.15) is 57.1 Å². The Morgan fingerprint density at radius 1 is 1.07 bits per heavy atom. The summed E-state index contributed by atoms with van der Waals surface area (Å²) in [7, 11) is -3.35. The van der Waals surface area contributed by atoms with Crippen LogP contribution in [0.15, 0.2) is 11.4 Å². The van der Waals surface area contributed by atoms with Gasteiger partial charge in [-0.15, -0.1) is 0 Å². The molecule has 1 amide bonds. The number of hydrogen-bond acceptors (Lipinski definition) is 5. The molecule has 0 radical (unpaired) electrons. The molecule has 1 saturated heterocycles. The molecule has 28 heavy (non-hydrogen) atoms. The van der Waals surface area contributed by atoms with E-state index in [1.807, 2.05) is 4.57 Å². The fourth-order valence-corrected chi connectivity index (χ4v) is 6.30. The first-order valence-corrected chi connectivity index (χ1v) is 12.4. The van der Waals surface area contributed by atoms with Crippen molar-refractivity contribution >= 4 is 15.7 Å². The van der Waals surface area contributed by atoms with Gasteiger partial charge in [-0.3, -0.25) is 9.69 Å². The molecule has 0 unspecified atom stereocenters. The highest BCUT2D eigenvalue weighted by molar-refractivity contribution is 7.91. The Morgan fingerprint density at radius 3 is 2.61 bits per heavy atom. The Morgan fingerprint density at radius 2 is 1.86 bits per heavy atom. The lowest BCUT2D eigenvalue weighted by atomic mass is 9.89. The first kappa shape index (κ1) is 19.9. The summed E-state index contributed by atoms with van der Waals surface area (Å²) in [6.45, 7) is 3.52. The van der Waals surface area contributed by atoms with Gasteiger partial charge in [0.05, 0.1) is 17.6 Å². The number of rotatable bonds is 7. The predicted octanol–water partition coefficient (Wildman–Crippen LogP) is 1.97. The van der Waals surface area contributed by atoms with Crippen molar-refractivity contribution in [2.24, 2.45) is 11.8 Å². The third-order valence-corrected chi connectivity index (χ3v) is 8.08. The van der Waals surface area contributed by atoms with Gasteiger partial charge in [-0.25, -0.2) is 13.4 Å². The van der Waals surface area contributed by atoms with Crippen molar-refractivity contribution in [1.82, 2.24) is 19.8 Å². The summed E-state index contributed by atoms with van der Waals surface area (Å²) in [6.07, 6.45) is 10.4. The van der Waals surface area contributed by atoms with E-state index < -0.39 is 9.84 Å². The van der Waals surface area contributed by atoms with E-state index in [4.69, 9.17) is 0 Å². The zero-order valence-corrected chi connectivity index (χ0v) is 17.4. The monoisotopic (exact) mass is 408 g/mol. The quantitative estimate of drug-likeness (QED) is 0.746. The molecule has 1 aliphatic heterocycles. The second-order valence-corrected chi connectivity index (χ2v) is 10.7. The Bertz CT molecular complexity index is 794. The van der Waals surface area contributed by atoms with Gasteiger partial charge in [0, 0.05) is 39.1 Å². The van der Waals surface area contributed by atoms with Gasteiger partial charge in [-0.1, -0.05) is 19.3 Å². The third kappa shape index (κ3) is 4.95. The predicted molar refractivity (Wildman–Crippen MR) is 106 cm³/mol. The van der Waals surface area contributed by atoms with Gasteiger partial charge >= 0.3 is 0 Å². The van der Waals surface area contributed by atoms with Crippen molar-refractivity contribution in [2.45, 2.75) is 69.6 Å². The highest BCUT2D eigenvalue weighted by atomic mass is 32.2. The fraction of sp³-hybridized carbons (Fsp3) is 0.800. The van der Waals surface area contributed by atoms with Crippen LogP contribution in [0.2, 0.25) is 0 Å². The molecule has 1 aromatic rings. The smallest absolute Gasteiger partial charge is 0.227 e. The van der Waals surface area contributed by atoms with Crippen molar-refractivity contribution in [3.63, 3.8) is 0 Å². The Balaban J connectivity index is 1.56. The van der Waals surface area contributed by atoms with Crippen LogP contribution in [0, 0.1) is 11.8 Å². The molecule has 3 aliphatic rings. The van der Waals surface area contributed by atoms with Gasteiger partial charge in [0.2, 0.25) is 20.9 Å². The summed E-state index contributed by atoms with van der Waals surface area (Å²) in [5.74, 6) is 1.17. The Hall–Kier alpha value is -1.41. The Labute approximate surface area is 167 Å². The van der Waals surface area contributed by atoms with E-state index in [1.165, 1.54) is 32.1 Å². The van der Waals surface area contributed by atoms with Gasteiger partial charge in [0.25, 0.3) is 0 Å². The maximum atomic E-state index is 13.0. The molecular weight excluding hydrogens is 376 g/mol. The van der Waals surface area contributed by atoms with Gasteiger partial charge in [0.1, 0.15) is 0 Å². The number of sulfone groups is 1. The van der Waals surface area contributed by atoms with Crippen LogP contribution in [0.5, 0.6) is 0 Å². The SMILES string of the molecule is O=C1CCN(Cc2cnc(S(=O)(=O)CC3CC3)n2CC2CCCCC2)CCN1. The maximum Gasteiger partial charge on any atom is 0.227 e. The van der Waals surface area contributed by atoms with Crippen LogP contribution in [-0.4, -0.2) is 54.2 Å². The highest BCUT2D eigenvalue weighted by Gasteiger charge is 2.33. The first-order valence-electron chi connectivity index (χ1n) is 10.8. The van der Waals surface area contributed by atoms with E-state index >= 15 is 0 Å². The molecular formula is C20H32N4O3S. The minimum Gasteiger partial charge on any atom is -0.355 e. The highest BCUT2D eigenvalue weighted by Crippen LogP contribution is 2.33. The molecule has 1 aromatic heterocycles. The van der Waals surface area contributed by atoms with Crippen LogP contribution in [0.3, 0.4) is 0 Å². The van der Waals surface area contributed by atoms with Crippen molar-refractivity contribution in [2.75, 3.05) is 25.4 Å². The normalized spacial score (nSPS) is 22.8. The van der Waals surface area contributed by atoms with Crippen LogP contribution in [-0.2, 0) is 27.7 Å². The molecule has 156 valence electrons. The van der Waals surface area contributed by atoms with Crippen LogP contribution in [0.25, 0.3) is 0 Å². The number of aromatic nitrogens is 2. The molecule has 2 aliphatic carbocycles. The van der Waals surface area contributed by atoms with E-state index in [9.17, 15) is 13.2 Å². The van der Waals surface area contributed by atoms with Gasteiger partial charge in [-0.05, 0) is 37.5 Å². The number of nitrogens with one attached hydrogen (secondary N) is 1. The zero-order chi connectivity index (χ0) is 19.6. The number of amides is 1. The molecule has 2 saturated carbocycles. The molecule has 0 spiro atoms. The minimum atomic E-state index is -3.35. The average Bonchev–Trinajstić information content (AvgIpc) is 3.42. The van der Waals surface area contributed by atoms with E-state index in [1.54, 1.807) is 6.20 Å². The second kappa shape index (κ2) is 8.53. The lowest BCUT2D eigenvalue weighted by molar-refractivity contribution is -0.120. The van der Waals surface area contributed by atoms with Crippen molar-refractivity contribution < 1.29 is 13.2 Å². The van der Waals surface area contributed by atoms with E-state index in [2.05, 4.69) is 15.2 Å². The molecule has 3 fully saturated rings. The summed E-state index contributed by atoms with van der Waals surface area (Å²) >= 11 is 0. The molecule has 1 N–H and O–H groups in total. The van der Waals surface area contributed by atoms with E-state index in [0.717, 1.165) is 31.6 Å². The number of carbonyl (C=O) groups excluding carboxylic acids is 1. The standard InChI is InChI=1S/C20H32N4O3S/c25-19-8-10-23(11-9-21-19)14-18-12-22-20(28(26,27)15-17-6-7-17)24(18)13-16-4-2-1-3-5-16/h12,16-17H,1-11,13-15H2,(H,21,25). The van der Waals surface area contributed by atoms with Crippen molar-refractivity contribution in [3.05, 3.63) is 11.9 Å².